The van der Waals surface area contributed by atoms with Crippen molar-refractivity contribution in [3.05, 3.63) is 78.3 Å². The largest absolute Gasteiger partial charge is 0.467 e. The molecule has 2 heterocycles. The van der Waals surface area contributed by atoms with Crippen LogP contribution >= 0.6 is 0 Å². The fourth-order valence-electron chi connectivity index (χ4n) is 2.62. The second-order valence-corrected chi connectivity index (χ2v) is 5.72. The molecule has 0 aliphatic rings. The third kappa shape index (κ3) is 4.58. The van der Waals surface area contributed by atoms with Crippen LogP contribution in [0.1, 0.15) is 17.1 Å². The van der Waals surface area contributed by atoms with E-state index in [4.69, 9.17) is 9.15 Å². The molecule has 6 nitrogen and oxygen atoms in total. The van der Waals surface area contributed by atoms with E-state index in [1.54, 1.807) is 17.4 Å². The summed E-state index contributed by atoms with van der Waals surface area (Å²) in [6, 6.07) is 13.8. The van der Waals surface area contributed by atoms with Crippen LogP contribution in [0.25, 0.3) is 0 Å². The van der Waals surface area contributed by atoms with Gasteiger partial charge in [0.1, 0.15) is 18.2 Å². The van der Waals surface area contributed by atoms with Crippen molar-refractivity contribution in [3.8, 4) is 0 Å². The Balaban J connectivity index is 1.75. The molecule has 6 heteroatoms. The number of carbonyl (C=O) groups is 1. The minimum atomic E-state index is -0.104. The van der Waals surface area contributed by atoms with Gasteiger partial charge in [-0.05, 0) is 17.7 Å². The maximum atomic E-state index is 12.4. The molecule has 0 saturated carbocycles. The zero-order valence-electron chi connectivity index (χ0n) is 14.2. The van der Waals surface area contributed by atoms with Crippen LogP contribution < -0.4 is 0 Å². The number of carbonyl (C=O) groups excluding carboxylic acids is 1. The van der Waals surface area contributed by atoms with E-state index in [2.05, 4.69) is 17.1 Å². The van der Waals surface area contributed by atoms with Crippen molar-refractivity contribution < 1.29 is 13.9 Å². The first-order valence-electron chi connectivity index (χ1n) is 8.09. The lowest BCUT2D eigenvalue weighted by atomic mass is 10.2. The van der Waals surface area contributed by atoms with Crippen LogP contribution in [0.2, 0.25) is 0 Å². The van der Waals surface area contributed by atoms with Crippen LogP contribution in [0.15, 0.2) is 65.5 Å². The number of nitrogens with zero attached hydrogens (tertiary/aromatic N) is 3. The first-order valence-corrected chi connectivity index (χ1v) is 8.09. The van der Waals surface area contributed by atoms with E-state index >= 15 is 0 Å². The summed E-state index contributed by atoms with van der Waals surface area (Å²) in [7, 11) is 1.51. The van der Waals surface area contributed by atoms with Gasteiger partial charge < -0.3 is 18.6 Å². The maximum Gasteiger partial charge on any atom is 0.249 e. The topological polar surface area (TPSA) is 60.5 Å². The molecule has 130 valence electrons. The van der Waals surface area contributed by atoms with Gasteiger partial charge in [0, 0.05) is 26.0 Å². The molecule has 1 amide bonds. The Bertz CT molecular complexity index is 781. The van der Waals surface area contributed by atoms with Gasteiger partial charge in [-0.2, -0.15) is 0 Å². The zero-order valence-corrected chi connectivity index (χ0v) is 14.2. The molecule has 25 heavy (non-hydrogen) atoms. The highest BCUT2D eigenvalue weighted by molar-refractivity contribution is 5.77. The van der Waals surface area contributed by atoms with Crippen LogP contribution in [0, 0.1) is 0 Å². The smallest absolute Gasteiger partial charge is 0.249 e. The molecular weight excluding hydrogens is 318 g/mol. The SMILES string of the molecule is COCC(=O)N(Cc1ccco1)Cc1nccn1Cc1ccccc1. The number of hydrogen-bond acceptors (Lipinski definition) is 4. The Kier molecular flexibility index (Phi) is 5.64. The summed E-state index contributed by atoms with van der Waals surface area (Å²) >= 11 is 0. The quantitative estimate of drug-likeness (QED) is 0.633. The van der Waals surface area contributed by atoms with Gasteiger partial charge in [0.15, 0.2) is 0 Å². The van der Waals surface area contributed by atoms with Crippen molar-refractivity contribution >= 4 is 5.91 Å². The number of furan rings is 1. The Morgan fingerprint density at radius 1 is 1.20 bits per heavy atom. The Morgan fingerprint density at radius 3 is 2.76 bits per heavy atom. The van der Waals surface area contributed by atoms with Crippen LogP contribution in [-0.2, 0) is 29.2 Å². The van der Waals surface area contributed by atoms with E-state index in [1.165, 1.54) is 12.7 Å². The lowest BCUT2D eigenvalue weighted by Crippen LogP contribution is -2.33. The molecule has 0 unspecified atom stereocenters. The molecule has 2 aromatic heterocycles. The second-order valence-electron chi connectivity index (χ2n) is 5.72. The standard InChI is InChI=1S/C19H21N3O3/c1-24-15-19(23)22(13-17-8-5-11-25-17)14-18-20-9-10-21(18)12-16-6-3-2-4-7-16/h2-11H,12-15H2,1H3. The van der Waals surface area contributed by atoms with Crippen molar-refractivity contribution in [1.82, 2.24) is 14.5 Å². The summed E-state index contributed by atoms with van der Waals surface area (Å²) in [4.78, 5) is 18.5. The molecule has 0 radical (unpaired) electrons. The van der Waals surface area contributed by atoms with E-state index < -0.39 is 0 Å². The van der Waals surface area contributed by atoms with E-state index in [0.29, 0.717) is 19.6 Å². The number of methoxy groups -OCH3 is 1. The van der Waals surface area contributed by atoms with Crippen LogP contribution in [0.3, 0.4) is 0 Å². The number of imidazole rings is 1. The molecule has 0 spiro atoms. The van der Waals surface area contributed by atoms with Crippen molar-refractivity contribution in [2.75, 3.05) is 13.7 Å². The summed E-state index contributed by atoms with van der Waals surface area (Å²) in [5, 5.41) is 0. The lowest BCUT2D eigenvalue weighted by molar-refractivity contribution is -0.136. The Hall–Kier alpha value is -2.86. The average Bonchev–Trinajstić information content (AvgIpc) is 3.28. The van der Waals surface area contributed by atoms with E-state index in [1.807, 2.05) is 41.1 Å². The first-order chi connectivity index (χ1) is 12.3. The van der Waals surface area contributed by atoms with Crippen molar-refractivity contribution in [1.29, 1.82) is 0 Å². The van der Waals surface area contributed by atoms with Crippen LogP contribution in [0.5, 0.6) is 0 Å². The van der Waals surface area contributed by atoms with Gasteiger partial charge in [-0.1, -0.05) is 30.3 Å². The summed E-state index contributed by atoms with van der Waals surface area (Å²) in [5.41, 5.74) is 1.18. The van der Waals surface area contributed by atoms with Gasteiger partial charge in [0.25, 0.3) is 0 Å². The predicted molar refractivity (Wildman–Crippen MR) is 92.6 cm³/mol. The fraction of sp³-hybridized carbons (Fsp3) is 0.263. The molecule has 0 N–H and O–H groups in total. The molecule has 1 aromatic carbocycles. The number of benzene rings is 1. The van der Waals surface area contributed by atoms with Crippen molar-refractivity contribution in [3.63, 3.8) is 0 Å². The molecule has 0 saturated heterocycles. The normalized spacial score (nSPS) is 10.8. The molecule has 3 rings (SSSR count). The van der Waals surface area contributed by atoms with Gasteiger partial charge >= 0.3 is 0 Å². The van der Waals surface area contributed by atoms with Crippen LogP contribution in [-0.4, -0.2) is 34.1 Å². The third-order valence-electron chi connectivity index (χ3n) is 3.88. The van der Waals surface area contributed by atoms with Crippen molar-refractivity contribution in [2.24, 2.45) is 0 Å². The highest BCUT2D eigenvalue weighted by Crippen LogP contribution is 2.12. The molecule has 0 atom stereocenters. The molecule has 0 bridgehead atoms. The first kappa shape index (κ1) is 17.0. The van der Waals surface area contributed by atoms with Gasteiger partial charge in [-0.15, -0.1) is 0 Å². The monoisotopic (exact) mass is 339 g/mol. The summed E-state index contributed by atoms with van der Waals surface area (Å²) in [6.07, 6.45) is 5.28. The van der Waals surface area contributed by atoms with Gasteiger partial charge in [0.2, 0.25) is 5.91 Å². The average molecular weight is 339 g/mol. The number of rotatable bonds is 8. The fourth-order valence-corrected chi connectivity index (χ4v) is 2.62. The van der Waals surface area contributed by atoms with Gasteiger partial charge in [0.05, 0.1) is 19.4 Å². The Labute approximate surface area is 146 Å². The number of amides is 1. The highest BCUT2D eigenvalue weighted by Gasteiger charge is 2.18. The minimum Gasteiger partial charge on any atom is -0.467 e. The zero-order chi connectivity index (χ0) is 17.5. The van der Waals surface area contributed by atoms with E-state index in [0.717, 1.165) is 11.6 Å². The number of ether oxygens (including phenoxy) is 1. The number of aromatic nitrogens is 2. The third-order valence-corrected chi connectivity index (χ3v) is 3.88. The van der Waals surface area contributed by atoms with Crippen molar-refractivity contribution in [2.45, 2.75) is 19.6 Å². The minimum absolute atomic E-state index is 0.0279. The molecule has 0 aliphatic heterocycles. The van der Waals surface area contributed by atoms with Gasteiger partial charge in [-0.25, -0.2) is 4.98 Å². The second kappa shape index (κ2) is 8.30. The Morgan fingerprint density at radius 2 is 2.04 bits per heavy atom. The lowest BCUT2D eigenvalue weighted by Gasteiger charge is -2.21. The summed E-state index contributed by atoms with van der Waals surface area (Å²) in [5.74, 6) is 1.44. The van der Waals surface area contributed by atoms with E-state index in [-0.39, 0.29) is 12.5 Å². The van der Waals surface area contributed by atoms with Crippen LogP contribution in [0.4, 0.5) is 0 Å². The summed E-state index contributed by atoms with van der Waals surface area (Å²) in [6.45, 7) is 1.51. The molecule has 3 aromatic rings. The molecule has 0 fully saturated rings. The highest BCUT2D eigenvalue weighted by atomic mass is 16.5. The van der Waals surface area contributed by atoms with Gasteiger partial charge in [-0.3, -0.25) is 4.79 Å². The summed E-state index contributed by atoms with van der Waals surface area (Å²) < 4.78 is 12.4. The molecular formula is C19H21N3O3. The predicted octanol–water partition coefficient (Wildman–Crippen LogP) is 2.70. The molecule has 0 aliphatic carbocycles. The maximum absolute atomic E-state index is 12.4. The number of hydrogen-bond donors (Lipinski definition) is 0. The van der Waals surface area contributed by atoms with E-state index in [9.17, 15) is 4.79 Å².